The van der Waals surface area contributed by atoms with Crippen molar-refractivity contribution in [1.82, 2.24) is 0 Å². The monoisotopic (exact) mass is 224 g/mol. The van der Waals surface area contributed by atoms with Gasteiger partial charge in [0.25, 0.3) is 0 Å². The Hall–Kier alpha value is -0.260. The van der Waals surface area contributed by atoms with Crippen LogP contribution in [0.5, 0.6) is 0 Å². The molecule has 0 aliphatic rings. The minimum Gasteiger partial charge on any atom is -0.0999 e. The van der Waals surface area contributed by atoms with Crippen LogP contribution in [-0.4, -0.2) is 0 Å². The van der Waals surface area contributed by atoms with E-state index in [-0.39, 0.29) is 0 Å². The van der Waals surface area contributed by atoms with Gasteiger partial charge < -0.3 is 0 Å². The molecule has 0 saturated heterocycles. The molecule has 0 aromatic heterocycles. The number of unbranched alkanes of at least 4 members (excludes halogenated alkanes) is 5. The van der Waals surface area contributed by atoms with Gasteiger partial charge in [0.15, 0.2) is 0 Å². The summed E-state index contributed by atoms with van der Waals surface area (Å²) in [4.78, 5) is 0. The second-order valence-electron chi connectivity index (χ2n) is 5.37. The lowest BCUT2D eigenvalue weighted by Crippen LogP contribution is -1.97. The largest absolute Gasteiger partial charge is 0.0999 e. The van der Waals surface area contributed by atoms with Crippen molar-refractivity contribution < 1.29 is 0 Å². The van der Waals surface area contributed by atoms with Gasteiger partial charge in [-0.2, -0.15) is 0 Å². The molecule has 0 nitrogen and oxygen atoms in total. The van der Waals surface area contributed by atoms with E-state index >= 15 is 0 Å². The topological polar surface area (TPSA) is 0 Å². The smallest absolute Gasteiger partial charge is 0.0297 e. The molecule has 0 aliphatic carbocycles. The second-order valence-corrected chi connectivity index (χ2v) is 5.37. The van der Waals surface area contributed by atoms with E-state index in [1.807, 2.05) is 0 Å². The first-order valence-electron chi connectivity index (χ1n) is 7.37. The predicted octanol–water partition coefficient (Wildman–Crippen LogP) is 6.12. The minimum atomic E-state index is 0.853. The molecule has 0 fully saturated rings. The van der Waals surface area contributed by atoms with Crippen molar-refractivity contribution in [1.29, 1.82) is 0 Å². The van der Waals surface area contributed by atoms with Gasteiger partial charge in [-0.15, -0.1) is 0 Å². The summed E-state index contributed by atoms with van der Waals surface area (Å²) in [5.74, 6) is 0.853. The Bertz CT molecular complexity index is 157. The van der Waals surface area contributed by atoms with E-state index in [0.717, 1.165) is 5.92 Å². The SMILES string of the molecule is C=C(CCCCC)CC(C)CCCCCC. The average Bonchev–Trinajstić information content (AvgIpc) is 2.25. The maximum atomic E-state index is 4.21. The molecule has 96 valence electrons. The van der Waals surface area contributed by atoms with Gasteiger partial charge >= 0.3 is 0 Å². The van der Waals surface area contributed by atoms with Gasteiger partial charge in [-0.05, 0) is 25.2 Å². The lowest BCUT2D eigenvalue weighted by Gasteiger charge is -2.13. The molecule has 0 amide bonds. The number of hydrogen-bond acceptors (Lipinski definition) is 0. The van der Waals surface area contributed by atoms with Crippen LogP contribution in [0.15, 0.2) is 12.2 Å². The summed E-state index contributed by atoms with van der Waals surface area (Å²) in [6.07, 6.45) is 13.5. The highest BCUT2D eigenvalue weighted by Gasteiger charge is 2.04. The molecule has 0 bridgehead atoms. The first kappa shape index (κ1) is 15.7. The number of rotatable bonds is 11. The van der Waals surface area contributed by atoms with Gasteiger partial charge in [0.1, 0.15) is 0 Å². The molecule has 0 heteroatoms. The van der Waals surface area contributed by atoms with Gasteiger partial charge in [0, 0.05) is 0 Å². The summed E-state index contributed by atoms with van der Waals surface area (Å²) in [5.41, 5.74) is 1.48. The third-order valence-corrected chi connectivity index (χ3v) is 3.32. The fourth-order valence-corrected chi connectivity index (χ4v) is 2.24. The summed E-state index contributed by atoms with van der Waals surface area (Å²) in [7, 11) is 0. The van der Waals surface area contributed by atoms with Crippen molar-refractivity contribution in [3.05, 3.63) is 12.2 Å². The zero-order chi connectivity index (χ0) is 12.2. The Morgan fingerprint density at radius 1 is 0.938 bits per heavy atom. The van der Waals surface area contributed by atoms with Crippen LogP contribution in [0.4, 0.5) is 0 Å². The summed E-state index contributed by atoms with van der Waals surface area (Å²) in [5, 5.41) is 0. The van der Waals surface area contributed by atoms with E-state index < -0.39 is 0 Å². The van der Waals surface area contributed by atoms with Crippen LogP contribution in [0.3, 0.4) is 0 Å². The van der Waals surface area contributed by atoms with E-state index in [9.17, 15) is 0 Å². The van der Waals surface area contributed by atoms with E-state index in [1.54, 1.807) is 0 Å². The maximum absolute atomic E-state index is 4.21. The Morgan fingerprint density at radius 2 is 1.56 bits per heavy atom. The van der Waals surface area contributed by atoms with Crippen LogP contribution in [0, 0.1) is 5.92 Å². The molecule has 0 heterocycles. The highest BCUT2D eigenvalue weighted by molar-refractivity contribution is 4.94. The molecule has 0 aromatic carbocycles. The summed E-state index contributed by atoms with van der Waals surface area (Å²) in [6.45, 7) is 11.1. The Kier molecular flexibility index (Phi) is 11.0. The van der Waals surface area contributed by atoms with Gasteiger partial charge in [0.05, 0.1) is 0 Å². The van der Waals surface area contributed by atoms with Crippen LogP contribution in [0.1, 0.15) is 85.0 Å². The van der Waals surface area contributed by atoms with Crippen molar-refractivity contribution in [2.75, 3.05) is 0 Å². The summed E-state index contributed by atoms with van der Waals surface area (Å²) < 4.78 is 0. The van der Waals surface area contributed by atoms with Gasteiger partial charge in [-0.25, -0.2) is 0 Å². The minimum absolute atomic E-state index is 0.853. The molecule has 1 atom stereocenters. The number of allylic oxidation sites excluding steroid dienone is 1. The van der Waals surface area contributed by atoms with Crippen molar-refractivity contribution >= 4 is 0 Å². The van der Waals surface area contributed by atoms with E-state index in [1.165, 1.54) is 69.8 Å². The molecular weight excluding hydrogens is 192 g/mol. The summed E-state index contributed by atoms with van der Waals surface area (Å²) >= 11 is 0. The lowest BCUT2D eigenvalue weighted by atomic mass is 9.93. The maximum Gasteiger partial charge on any atom is -0.0297 e. The molecule has 0 radical (unpaired) electrons. The fourth-order valence-electron chi connectivity index (χ4n) is 2.24. The predicted molar refractivity (Wildman–Crippen MR) is 75.8 cm³/mol. The zero-order valence-corrected chi connectivity index (χ0v) is 11.9. The molecule has 0 rings (SSSR count). The third-order valence-electron chi connectivity index (χ3n) is 3.32. The lowest BCUT2D eigenvalue weighted by molar-refractivity contribution is 0.479. The molecule has 0 aliphatic heterocycles. The molecule has 0 saturated carbocycles. The van der Waals surface area contributed by atoms with Gasteiger partial charge in [-0.3, -0.25) is 0 Å². The molecule has 0 N–H and O–H groups in total. The van der Waals surface area contributed by atoms with E-state index in [0.29, 0.717) is 0 Å². The highest BCUT2D eigenvalue weighted by Crippen LogP contribution is 2.20. The van der Waals surface area contributed by atoms with Crippen molar-refractivity contribution in [2.45, 2.75) is 85.0 Å². The Labute approximate surface area is 104 Å². The van der Waals surface area contributed by atoms with Crippen LogP contribution in [0.25, 0.3) is 0 Å². The average molecular weight is 224 g/mol. The van der Waals surface area contributed by atoms with Crippen LogP contribution in [-0.2, 0) is 0 Å². The third kappa shape index (κ3) is 10.3. The Balaban J connectivity index is 3.39. The Morgan fingerprint density at radius 3 is 2.19 bits per heavy atom. The molecule has 0 aromatic rings. The van der Waals surface area contributed by atoms with Crippen LogP contribution < -0.4 is 0 Å². The van der Waals surface area contributed by atoms with Crippen molar-refractivity contribution in [3.63, 3.8) is 0 Å². The standard InChI is InChI=1S/C16H32/c1-5-7-9-11-13-16(4)14-15(3)12-10-8-6-2/h16H,3,5-14H2,1-2,4H3. The molecule has 0 spiro atoms. The first-order chi connectivity index (χ1) is 7.70. The molecule has 1 unspecified atom stereocenters. The fraction of sp³-hybridized carbons (Fsp3) is 0.875. The van der Waals surface area contributed by atoms with Crippen LogP contribution in [0.2, 0.25) is 0 Å². The summed E-state index contributed by atoms with van der Waals surface area (Å²) in [6, 6.07) is 0. The normalized spacial score (nSPS) is 12.7. The quantitative estimate of drug-likeness (QED) is 0.293. The van der Waals surface area contributed by atoms with Gasteiger partial charge in [-0.1, -0.05) is 77.9 Å². The second kappa shape index (κ2) is 11.2. The van der Waals surface area contributed by atoms with E-state index in [2.05, 4.69) is 27.4 Å². The van der Waals surface area contributed by atoms with Crippen LogP contribution >= 0.6 is 0 Å². The highest BCUT2D eigenvalue weighted by atomic mass is 14.1. The van der Waals surface area contributed by atoms with E-state index in [4.69, 9.17) is 0 Å². The molecular formula is C16H32. The van der Waals surface area contributed by atoms with Gasteiger partial charge in [0.2, 0.25) is 0 Å². The van der Waals surface area contributed by atoms with Crippen molar-refractivity contribution in [2.24, 2.45) is 5.92 Å². The molecule has 16 heavy (non-hydrogen) atoms. The number of hydrogen-bond donors (Lipinski definition) is 0. The van der Waals surface area contributed by atoms with Crippen molar-refractivity contribution in [3.8, 4) is 0 Å². The zero-order valence-electron chi connectivity index (χ0n) is 11.9. The first-order valence-corrected chi connectivity index (χ1v) is 7.37.